The first-order valence-electron chi connectivity index (χ1n) is 11.8. The fraction of sp³-hybridized carbons (Fsp3) is 0.308. The Labute approximate surface area is 218 Å². The lowest BCUT2D eigenvalue weighted by Crippen LogP contribution is -2.39. The maximum atomic E-state index is 13.1. The Morgan fingerprint density at radius 1 is 1.22 bits per heavy atom. The molecule has 1 amide bonds. The molecule has 2 atom stereocenters. The highest BCUT2D eigenvalue weighted by molar-refractivity contribution is 8.00. The number of ketones is 1. The van der Waals surface area contributed by atoms with Gasteiger partial charge in [-0.3, -0.25) is 19.0 Å². The van der Waals surface area contributed by atoms with Crippen molar-refractivity contribution in [3.63, 3.8) is 0 Å². The average molecular weight is 524 g/mol. The van der Waals surface area contributed by atoms with Crippen LogP contribution in [0.5, 0.6) is 0 Å². The van der Waals surface area contributed by atoms with Gasteiger partial charge in [0.1, 0.15) is 6.04 Å². The lowest BCUT2D eigenvalue weighted by molar-refractivity contribution is -0.127. The van der Waals surface area contributed by atoms with Crippen LogP contribution in [-0.2, 0) is 15.3 Å². The van der Waals surface area contributed by atoms with Crippen molar-refractivity contribution in [2.45, 2.75) is 42.3 Å². The molecule has 2 unspecified atom stereocenters. The number of fused-ring (bicyclic) bond motifs is 1. The molecule has 0 saturated heterocycles. The molecule has 0 radical (unpaired) electrons. The van der Waals surface area contributed by atoms with Gasteiger partial charge in [0.2, 0.25) is 5.91 Å². The topological polar surface area (TPSA) is 105 Å². The fourth-order valence-corrected chi connectivity index (χ4v) is 5.69. The summed E-state index contributed by atoms with van der Waals surface area (Å²) in [7, 11) is 0. The predicted octanol–water partition coefficient (Wildman–Crippen LogP) is 4.42. The van der Waals surface area contributed by atoms with Crippen LogP contribution < -0.4 is 21.5 Å². The van der Waals surface area contributed by atoms with Crippen molar-refractivity contribution in [2.75, 3.05) is 22.9 Å². The Bertz CT molecular complexity index is 1280. The molecule has 4 rings (SSSR count). The predicted molar refractivity (Wildman–Crippen MR) is 147 cm³/mol. The Hall–Kier alpha value is -3.24. The number of amides is 1. The SMILES string of the molecule is CCC(C(=O)NCC(=O)CSCc1ccccc1)n1ccnc(Nc2ccc3c(c2)NC(C)S3)c1=O. The van der Waals surface area contributed by atoms with Crippen LogP contribution >= 0.6 is 23.5 Å². The molecule has 0 fully saturated rings. The first-order chi connectivity index (χ1) is 17.4. The van der Waals surface area contributed by atoms with Crippen LogP contribution in [0.25, 0.3) is 0 Å². The minimum Gasteiger partial charge on any atom is -0.372 e. The Kier molecular flexibility index (Phi) is 8.71. The van der Waals surface area contributed by atoms with Crippen LogP contribution in [0.15, 0.2) is 70.6 Å². The number of carbonyl (C=O) groups excluding carboxylic acids is 2. The highest BCUT2D eigenvalue weighted by Crippen LogP contribution is 2.39. The van der Waals surface area contributed by atoms with Crippen molar-refractivity contribution >= 4 is 52.4 Å². The third-order valence-corrected chi connectivity index (χ3v) is 7.78. The third-order valence-electron chi connectivity index (χ3n) is 5.63. The molecule has 0 aliphatic carbocycles. The smallest absolute Gasteiger partial charge is 0.294 e. The first-order valence-corrected chi connectivity index (χ1v) is 13.8. The Morgan fingerprint density at radius 3 is 2.81 bits per heavy atom. The number of rotatable bonds is 11. The number of nitrogens with one attached hydrogen (secondary N) is 3. The van der Waals surface area contributed by atoms with E-state index in [2.05, 4.69) is 27.9 Å². The van der Waals surface area contributed by atoms with E-state index in [0.29, 0.717) is 17.5 Å². The van der Waals surface area contributed by atoms with E-state index in [1.165, 1.54) is 28.7 Å². The van der Waals surface area contributed by atoms with E-state index in [1.54, 1.807) is 11.8 Å². The third kappa shape index (κ3) is 6.50. The molecular formula is C26H29N5O3S2. The van der Waals surface area contributed by atoms with Gasteiger partial charge in [0.25, 0.3) is 5.56 Å². The summed E-state index contributed by atoms with van der Waals surface area (Å²) in [4.78, 5) is 43.6. The molecular weight excluding hydrogens is 494 g/mol. The van der Waals surface area contributed by atoms with E-state index >= 15 is 0 Å². The standard InChI is InChI=1S/C26H29N5O3S2/c1-3-22(25(33)28-14-20(32)16-35-15-18-7-5-4-6-8-18)31-12-11-27-24(26(31)34)30-19-9-10-23-21(13-19)29-17(2)36-23/h4-13,17,22,29H,3,14-16H2,1-2H3,(H,27,30)(H,28,33). The zero-order valence-corrected chi connectivity index (χ0v) is 21.8. The summed E-state index contributed by atoms with van der Waals surface area (Å²) in [6.07, 6.45) is 3.39. The fourth-order valence-electron chi connectivity index (χ4n) is 3.87. The van der Waals surface area contributed by atoms with Crippen LogP contribution in [0.2, 0.25) is 0 Å². The summed E-state index contributed by atoms with van der Waals surface area (Å²) in [5.74, 6) is 0.739. The van der Waals surface area contributed by atoms with Crippen molar-refractivity contribution in [1.29, 1.82) is 0 Å². The van der Waals surface area contributed by atoms with Gasteiger partial charge >= 0.3 is 0 Å². The van der Waals surface area contributed by atoms with Crippen molar-refractivity contribution in [3.05, 3.63) is 76.8 Å². The molecule has 188 valence electrons. The second kappa shape index (κ2) is 12.1. The van der Waals surface area contributed by atoms with E-state index in [1.807, 2.05) is 55.5 Å². The van der Waals surface area contributed by atoms with Crippen LogP contribution in [0.3, 0.4) is 0 Å². The van der Waals surface area contributed by atoms with Crippen LogP contribution in [-0.4, -0.2) is 38.9 Å². The molecule has 2 aromatic carbocycles. The molecule has 2 heterocycles. The minimum atomic E-state index is -0.746. The highest BCUT2D eigenvalue weighted by atomic mass is 32.2. The molecule has 8 nitrogen and oxygen atoms in total. The van der Waals surface area contributed by atoms with Crippen molar-refractivity contribution in [2.24, 2.45) is 0 Å². The maximum Gasteiger partial charge on any atom is 0.294 e. The van der Waals surface area contributed by atoms with Gasteiger partial charge < -0.3 is 16.0 Å². The zero-order chi connectivity index (χ0) is 25.5. The lowest BCUT2D eigenvalue weighted by Gasteiger charge is -2.18. The van der Waals surface area contributed by atoms with Gasteiger partial charge in [0.15, 0.2) is 11.6 Å². The van der Waals surface area contributed by atoms with Crippen molar-refractivity contribution < 1.29 is 9.59 Å². The normalized spacial score (nSPS) is 15.0. The highest BCUT2D eigenvalue weighted by Gasteiger charge is 2.22. The summed E-state index contributed by atoms with van der Waals surface area (Å²) in [6.45, 7) is 3.84. The van der Waals surface area contributed by atoms with Crippen molar-refractivity contribution in [1.82, 2.24) is 14.9 Å². The number of hydrogen-bond acceptors (Lipinski definition) is 8. The zero-order valence-electron chi connectivity index (χ0n) is 20.2. The number of carbonyl (C=O) groups is 2. The number of benzene rings is 2. The summed E-state index contributed by atoms with van der Waals surface area (Å²) >= 11 is 3.25. The first kappa shape index (κ1) is 25.8. The van der Waals surface area contributed by atoms with Gasteiger partial charge in [-0.2, -0.15) is 0 Å². The van der Waals surface area contributed by atoms with E-state index in [0.717, 1.165) is 27.6 Å². The molecule has 3 aromatic rings. The summed E-state index contributed by atoms with van der Waals surface area (Å²) in [6, 6.07) is 15.0. The molecule has 36 heavy (non-hydrogen) atoms. The summed E-state index contributed by atoms with van der Waals surface area (Å²) in [5, 5.41) is 9.44. The molecule has 1 aliphatic heterocycles. The van der Waals surface area contributed by atoms with Crippen LogP contribution in [0.1, 0.15) is 31.9 Å². The largest absolute Gasteiger partial charge is 0.372 e. The van der Waals surface area contributed by atoms with E-state index in [-0.39, 0.29) is 24.1 Å². The molecule has 0 bridgehead atoms. The maximum absolute atomic E-state index is 13.1. The van der Waals surface area contributed by atoms with E-state index < -0.39 is 11.6 Å². The number of nitrogens with zero attached hydrogens (tertiary/aromatic N) is 2. The molecule has 0 saturated carbocycles. The van der Waals surface area contributed by atoms with Crippen LogP contribution in [0.4, 0.5) is 17.2 Å². The van der Waals surface area contributed by atoms with E-state index in [9.17, 15) is 14.4 Å². The van der Waals surface area contributed by atoms with Gasteiger partial charge in [-0.1, -0.05) is 49.0 Å². The van der Waals surface area contributed by atoms with Gasteiger partial charge in [-0.05, 0) is 37.1 Å². The average Bonchev–Trinajstić information content (AvgIpc) is 3.25. The second-order valence-corrected chi connectivity index (χ2v) is 10.8. The molecule has 1 aliphatic rings. The second-order valence-electron chi connectivity index (χ2n) is 8.39. The number of Topliss-reactive ketones (excluding diaryl/α,β-unsaturated/α-hetero) is 1. The molecule has 1 aromatic heterocycles. The number of hydrogen-bond donors (Lipinski definition) is 3. The lowest BCUT2D eigenvalue weighted by atomic mass is 10.2. The van der Waals surface area contributed by atoms with Crippen molar-refractivity contribution in [3.8, 4) is 0 Å². The molecule has 0 spiro atoms. The van der Waals surface area contributed by atoms with E-state index in [4.69, 9.17) is 0 Å². The Morgan fingerprint density at radius 2 is 2.03 bits per heavy atom. The molecule has 3 N–H and O–H groups in total. The number of anilines is 3. The van der Waals surface area contributed by atoms with Gasteiger partial charge in [-0.15, -0.1) is 11.8 Å². The number of aromatic nitrogens is 2. The molecule has 10 heteroatoms. The van der Waals surface area contributed by atoms with Gasteiger partial charge in [-0.25, -0.2) is 4.98 Å². The monoisotopic (exact) mass is 523 g/mol. The van der Waals surface area contributed by atoms with Gasteiger partial charge in [0, 0.05) is 28.7 Å². The quantitative estimate of drug-likeness (QED) is 0.339. The summed E-state index contributed by atoms with van der Waals surface area (Å²) in [5.41, 5.74) is 2.48. The summed E-state index contributed by atoms with van der Waals surface area (Å²) < 4.78 is 1.36. The minimum absolute atomic E-state index is 0.0683. The Balaban J connectivity index is 1.35. The van der Waals surface area contributed by atoms with Crippen LogP contribution in [0, 0.1) is 0 Å². The van der Waals surface area contributed by atoms with Gasteiger partial charge in [0.05, 0.1) is 23.4 Å². The number of thioether (sulfide) groups is 2.